The Morgan fingerprint density at radius 2 is 1.80 bits per heavy atom. The lowest BCUT2D eigenvalue weighted by Gasteiger charge is -2.15. The van der Waals surface area contributed by atoms with E-state index in [1.807, 2.05) is 26.2 Å². The predicted octanol–water partition coefficient (Wildman–Crippen LogP) is 3.43. The Balaban J connectivity index is 2.14. The number of carbonyl (C=O) groups is 1. The molecule has 0 spiro atoms. The van der Waals surface area contributed by atoms with Gasteiger partial charge in [0, 0.05) is 30.7 Å². The summed E-state index contributed by atoms with van der Waals surface area (Å²) in [5.74, 6) is -0.174. The first-order chi connectivity index (χ1) is 12.0. The molecule has 0 bridgehead atoms. The number of likely N-dealkylation sites (N-methyl/N-ethyl adjacent to an activating group) is 1. The zero-order valence-electron chi connectivity index (χ0n) is 15.6. The van der Waals surface area contributed by atoms with E-state index in [2.05, 4.69) is 46.5 Å². The van der Waals surface area contributed by atoms with Crippen molar-refractivity contribution in [2.45, 2.75) is 26.7 Å². The van der Waals surface area contributed by atoms with Gasteiger partial charge in [-0.1, -0.05) is 32.0 Å². The molecule has 2 rings (SSSR count). The van der Waals surface area contributed by atoms with Gasteiger partial charge in [0.2, 0.25) is 0 Å². The Morgan fingerprint density at radius 1 is 1.12 bits per heavy atom. The molecule has 0 radical (unpaired) electrons. The van der Waals surface area contributed by atoms with E-state index in [0.29, 0.717) is 5.69 Å². The highest BCUT2D eigenvalue weighted by molar-refractivity contribution is 6.04. The third-order valence-electron chi connectivity index (χ3n) is 4.12. The summed E-state index contributed by atoms with van der Waals surface area (Å²) in [5.41, 5.74) is 4.54. The number of amides is 1. The molecule has 0 fully saturated rings. The summed E-state index contributed by atoms with van der Waals surface area (Å²) in [6, 6.07) is 9.83. The summed E-state index contributed by atoms with van der Waals surface area (Å²) in [6.07, 6.45) is 3.42. The molecule has 1 amide bonds. The molecule has 0 aliphatic carbocycles. The number of nitrogens with one attached hydrogen (secondary N) is 2. The number of aryl methyl sites for hydroxylation is 2. The maximum atomic E-state index is 12.7. The summed E-state index contributed by atoms with van der Waals surface area (Å²) in [7, 11) is 4.06. The maximum Gasteiger partial charge on any atom is 0.274 e. The maximum absolute atomic E-state index is 12.7. The molecule has 134 valence electrons. The normalized spacial score (nSPS) is 10.8. The van der Waals surface area contributed by atoms with E-state index >= 15 is 0 Å². The monoisotopic (exact) mass is 340 g/mol. The smallest absolute Gasteiger partial charge is 0.274 e. The fraction of sp³-hybridized carbons (Fsp3) is 0.400. The molecule has 5 heteroatoms. The Bertz CT molecular complexity index is 690. The second-order valence-corrected chi connectivity index (χ2v) is 6.27. The van der Waals surface area contributed by atoms with Crippen LogP contribution < -0.4 is 10.6 Å². The highest BCUT2D eigenvalue weighted by atomic mass is 16.1. The second-order valence-electron chi connectivity index (χ2n) is 6.27. The van der Waals surface area contributed by atoms with Crippen LogP contribution in [0.2, 0.25) is 0 Å². The SMILES string of the molecule is CCc1cccc(CC)c1NC(=O)c1cc(NCCN(C)C)ccn1. The van der Waals surface area contributed by atoms with E-state index in [1.54, 1.807) is 12.3 Å². The summed E-state index contributed by atoms with van der Waals surface area (Å²) in [4.78, 5) is 19.0. The van der Waals surface area contributed by atoms with Crippen LogP contribution in [0.15, 0.2) is 36.5 Å². The number of hydrogen-bond acceptors (Lipinski definition) is 4. The van der Waals surface area contributed by atoms with Crippen LogP contribution in [0.5, 0.6) is 0 Å². The number of aromatic nitrogens is 1. The van der Waals surface area contributed by atoms with E-state index in [0.717, 1.165) is 48.4 Å². The average Bonchev–Trinajstić information content (AvgIpc) is 2.61. The highest BCUT2D eigenvalue weighted by Gasteiger charge is 2.13. The number of anilines is 2. The van der Waals surface area contributed by atoms with Crippen LogP contribution in [0.25, 0.3) is 0 Å². The van der Waals surface area contributed by atoms with Crippen LogP contribution in [0.4, 0.5) is 11.4 Å². The number of nitrogens with zero attached hydrogens (tertiary/aromatic N) is 2. The van der Waals surface area contributed by atoms with Gasteiger partial charge < -0.3 is 15.5 Å². The van der Waals surface area contributed by atoms with Crippen molar-refractivity contribution in [2.75, 3.05) is 37.8 Å². The van der Waals surface area contributed by atoms with Crippen LogP contribution in [0.3, 0.4) is 0 Å². The molecule has 0 aliphatic heterocycles. The molecular weight excluding hydrogens is 312 g/mol. The number of benzene rings is 1. The molecule has 25 heavy (non-hydrogen) atoms. The van der Waals surface area contributed by atoms with Gasteiger partial charge in [0.05, 0.1) is 0 Å². The van der Waals surface area contributed by atoms with E-state index in [9.17, 15) is 4.79 Å². The van der Waals surface area contributed by atoms with Crippen molar-refractivity contribution in [3.8, 4) is 0 Å². The Hall–Kier alpha value is -2.40. The quantitative estimate of drug-likeness (QED) is 0.773. The summed E-state index contributed by atoms with van der Waals surface area (Å²) < 4.78 is 0. The van der Waals surface area contributed by atoms with E-state index < -0.39 is 0 Å². The number of para-hydroxylation sites is 1. The highest BCUT2D eigenvalue weighted by Crippen LogP contribution is 2.23. The van der Waals surface area contributed by atoms with Gasteiger partial charge in [-0.2, -0.15) is 0 Å². The Kier molecular flexibility index (Phi) is 6.95. The third kappa shape index (κ3) is 5.29. The van der Waals surface area contributed by atoms with Gasteiger partial charge >= 0.3 is 0 Å². The van der Waals surface area contributed by atoms with Crippen molar-refractivity contribution in [1.82, 2.24) is 9.88 Å². The Labute approximate surface area is 150 Å². The zero-order chi connectivity index (χ0) is 18.2. The standard InChI is InChI=1S/C20H28N4O/c1-5-15-8-7-9-16(6-2)19(15)23-20(25)18-14-17(10-11-22-18)21-12-13-24(3)4/h7-11,14H,5-6,12-13H2,1-4H3,(H,21,22)(H,23,25). The fourth-order valence-corrected chi connectivity index (χ4v) is 2.67. The molecular formula is C20H28N4O. The first-order valence-corrected chi connectivity index (χ1v) is 8.81. The van der Waals surface area contributed by atoms with Gasteiger partial charge in [-0.3, -0.25) is 9.78 Å². The first-order valence-electron chi connectivity index (χ1n) is 8.81. The van der Waals surface area contributed by atoms with Crippen LogP contribution in [-0.4, -0.2) is 43.0 Å². The van der Waals surface area contributed by atoms with Crippen LogP contribution in [-0.2, 0) is 12.8 Å². The van der Waals surface area contributed by atoms with Gasteiger partial charge in [-0.25, -0.2) is 0 Å². The van der Waals surface area contributed by atoms with Crippen molar-refractivity contribution in [3.05, 3.63) is 53.3 Å². The van der Waals surface area contributed by atoms with E-state index in [-0.39, 0.29) is 5.91 Å². The molecule has 0 unspecified atom stereocenters. The first kappa shape index (κ1) is 18.9. The molecule has 1 aromatic heterocycles. The molecule has 5 nitrogen and oxygen atoms in total. The van der Waals surface area contributed by atoms with Gasteiger partial charge in [0.25, 0.3) is 5.91 Å². The van der Waals surface area contributed by atoms with Gasteiger partial charge in [-0.15, -0.1) is 0 Å². The molecule has 0 atom stereocenters. The molecule has 1 heterocycles. The van der Waals surface area contributed by atoms with Gasteiger partial charge in [0.1, 0.15) is 5.69 Å². The summed E-state index contributed by atoms with van der Waals surface area (Å²) in [5, 5.41) is 6.38. The summed E-state index contributed by atoms with van der Waals surface area (Å²) >= 11 is 0. The minimum absolute atomic E-state index is 0.174. The lowest BCUT2D eigenvalue weighted by Crippen LogP contribution is -2.21. The topological polar surface area (TPSA) is 57.3 Å². The number of rotatable bonds is 8. The largest absolute Gasteiger partial charge is 0.384 e. The van der Waals surface area contributed by atoms with E-state index in [1.165, 1.54) is 0 Å². The number of hydrogen-bond donors (Lipinski definition) is 2. The van der Waals surface area contributed by atoms with Crippen molar-refractivity contribution in [3.63, 3.8) is 0 Å². The molecule has 2 aromatic rings. The lowest BCUT2D eigenvalue weighted by molar-refractivity contribution is 0.102. The number of pyridine rings is 1. The van der Waals surface area contributed by atoms with Crippen LogP contribution in [0.1, 0.15) is 35.5 Å². The number of carbonyl (C=O) groups excluding carboxylic acids is 1. The Morgan fingerprint density at radius 3 is 2.40 bits per heavy atom. The van der Waals surface area contributed by atoms with Crippen molar-refractivity contribution < 1.29 is 4.79 Å². The van der Waals surface area contributed by atoms with Gasteiger partial charge in [0.15, 0.2) is 0 Å². The van der Waals surface area contributed by atoms with Crippen molar-refractivity contribution in [2.24, 2.45) is 0 Å². The zero-order valence-corrected chi connectivity index (χ0v) is 15.6. The predicted molar refractivity (Wildman–Crippen MR) is 104 cm³/mol. The van der Waals surface area contributed by atoms with Crippen molar-refractivity contribution in [1.29, 1.82) is 0 Å². The molecule has 2 N–H and O–H groups in total. The second kappa shape index (κ2) is 9.18. The van der Waals surface area contributed by atoms with Gasteiger partial charge in [-0.05, 0) is 50.2 Å². The van der Waals surface area contributed by atoms with Crippen molar-refractivity contribution >= 4 is 17.3 Å². The molecule has 0 saturated heterocycles. The fourth-order valence-electron chi connectivity index (χ4n) is 2.67. The lowest BCUT2D eigenvalue weighted by atomic mass is 10.0. The molecule has 1 aromatic carbocycles. The average molecular weight is 340 g/mol. The molecule has 0 saturated carbocycles. The minimum atomic E-state index is -0.174. The van der Waals surface area contributed by atoms with Crippen LogP contribution in [0, 0.1) is 0 Å². The summed E-state index contributed by atoms with van der Waals surface area (Å²) in [6.45, 7) is 5.93. The molecule has 0 aliphatic rings. The van der Waals surface area contributed by atoms with Crippen LogP contribution >= 0.6 is 0 Å². The third-order valence-corrected chi connectivity index (χ3v) is 4.12. The van der Waals surface area contributed by atoms with E-state index in [4.69, 9.17) is 0 Å². The minimum Gasteiger partial charge on any atom is -0.384 e.